The summed E-state index contributed by atoms with van der Waals surface area (Å²) >= 11 is 3.19. The Kier molecular flexibility index (Phi) is 4.35. The summed E-state index contributed by atoms with van der Waals surface area (Å²) in [7, 11) is 1.93. The molecule has 2 rings (SSSR count). The molecule has 0 bridgehead atoms. The van der Waals surface area contributed by atoms with E-state index in [1.807, 2.05) is 13.1 Å². The van der Waals surface area contributed by atoms with Gasteiger partial charge in [0.15, 0.2) is 0 Å². The molecule has 0 saturated carbocycles. The van der Waals surface area contributed by atoms with E-state index in [9.17, 15) is 4.39 Å². The Morgan fingerprint density at radius 2 is 2.18 bits per heavy atom. The number of hydrogen-bond acceptors (Lipinski definition) is 1. The summed E-state index contributed by atoms with van der Waals surface area (Å²) in [5.74, 6) is -0.195. The van der Waals surface area contributed by atoms with Gasteiger partial charge in [-0.05, 0) is 66.4 Å². The summed E-state index contributed by atoms with van der Waals surface area (Å²) in [6, 6.07) is 5.51. The maximum atomic E-state index is 13.5. The van der Waals surface area contributed by atoms with Gasteiger partial charge < -0.3 is 5.32 Å². The van der Waals surface area contributed by atoms with E-state index in [2.05, 4.69) is 27.3 Å². The van der Waals surface area contributed by atoms with Crippen molar-refractivity contribution >= 4 is 15.9 Å². The zero-order valence-electron chi connectivity index (χ0n) is 9.97. The molecule has 0 amide bonds. The molecular formula is C14H17BrFN. The fourth-order valence-electron chi connectivity index (χ4n) is 2.38. The Morgan fingerprint density at radius 3 is 2.76 bits per heavy atom. The quantitative estimate of drug-likeness (QED) is 0.818. The predicted molar refractivity (Wildman–Crippen MR) is 72.5 cm³/mol. The van der Waals surface area contributed by atoms with Crippen molar-refractivity contribution < 1.29 is 4.39 Å². The fourth-order valence-corrected chi connectivity index (χ4v) is 2.63. The summed E-state index contributed by atoms with van der Waals surface area (Å²) in [5, 5.41) is 3.28. The number of nitrogens with one attached hydrogen (secondary N) is 1. The summed E-state index contributed by atoms with van der Waals surface area (Å²) in [6.45, 7) is 0. The third kappa shape index (κ3) is 2.96. The molecule has 0 saturated heterocycles. The number of allylic oxidation sites excluding steroid dienone is 1. The highest BCUT2D eigenvalue weighted by Gasteiger charge is 2.17. The molecule has 1 nitrogen and oxygen atoms in total. The van der Waals surface area contributed by atoms with Gasteiger partial charge in [0.05, 0.1) is 10.5 Å². The van der Waals surface area contributed by atoms with Crippen molar-refractivity contribution in [3.8, 4) is 0 Å². The maximum absolute atomic E-state index is 13.5. The van der Waals surface area contributed by atoms with Gasteiger partial charge in [0.25, 0.3) is 0 Å². The van der Waals surface area contributed by atoms with Gasteiger partial charge in [0.2, 0.25) is 0 Å². The zero-order valence-corrected chi connectivity index (χ0v) is 11.6. The standard InChI is InChI=1S/C14H17BrFN/c1-17-14(10-5-3-2-4-6-10)11-7-8-12(15)13(16)9-11/h5,7-9,14,17H,2-4,6H2,1H3. The molecule has 1 aromatic carbocycles. The normalized spacial score (nSPS) is 17.7. The maximum Gasteiger partial charge on any atom is 0.137 e. The highest BCUT2D eigenvalue weighted by Crippen LogP contribution is 2.31. The molecule has 1 aliphatic carbocycles. The second kappa shape index (κ2) is 5.78. The molecule has 1 unspecified atom stereocenters. The lowest BCUT2D eigenvalue weighted by atomic mass is 9.90. The van der Waals surface area contributed by atoms with Crippen LogP contribution in [-0.2, 0) is 0 Å². The average Bonchev–Trinajstić information content (AvgIpc) is 2.36. The first kappa shape index (κ1) is 12.8. The first-order valence-corrected chi connectivity index (χ1v) is 6.83. The second-order valence-corrected chi connectivity index (χ2v) is 5.27. The van der Waals surface area contributed by atoms with Gasteiger partial charge in [-0.2, -0.15) is 0 Å². The number of rotatable bonds is 3. The van der Waals surface area contributed by atoms with Crippen LogP contribution in [0.3, 0.4) is 0 Å². The number of likely N-dealkylation sites (N-methyl/N-ethyl adjacent to an activating group) is 1. The molecule has 17 heavy (non-hydrogen) atoms. The average molecular weight is 298 g/mol. The van der Waals surface area contributed by atoms with E-state index < -0.39 is 0 Å². The van der Waals surface area contributed by atoms with E-state index in [-0.39, 0.29) is 11.9 Å². The molecule has 1 atom stereocenters. The molecule has 3 heteroatoms. The first-order valence-electron chi connectivity index (χ1n) is 6.03. The van der Waals surface area contributed by atoms with Crippen LogP contribution in [0.4, 0.5) is 4.39 Å². The van der Waals surface area contributed by atoms with Gasteiger partial charge in [0.1, 0.15) is 5.82 Å². The van der Waals surface area contributed by atoms with Gasteiger partial charge in [0, 0.05) is 0 Å². The molecular weight excluding hydrogens is 281 g/mol. The van der Waals surface area contributed by atoms with Crippen molar-refractivity contribution in [2.45, 2.75) is 31.7 Å². The molecule has 0 aliphatic heterocycles. The largest absolute Gasteiger partial charge is 0.310 e. The van der Waals surface area contributed by atoms with E-state index >= 15 is 0 Å². The third-order valence-electron chi connectivity index (χ3n) is 3.26. The minimum Gasteiger partial charge on any atom is -0.310 e. The van der Waals surface area contributed by atoms with Gasteiger partial charge >= 0.3 is 0 Å². The summed E-state index contributed by atoms with van der Waals surface area (Å²) < 4.78 is 14.1. The van der Waals surface area contributed by atoms with Crippen molar-refractivity contribution in [2.75, 3.05) is 7.05 Å². The summed E-state index contributed by atoms with van der Waals surface area (Å²) in [6.07, 6.45) is 7.07. The SMILES string of the molecule is CNC(C1=CCCCC1)c1ccc(Br)c(F)c1. The van der Waals surface area contributed by atoms with Crippen LogP contribution in [0.2, 0.25) is 0 Å². The van der Waals surface area contributed by atoms with E-state index in [0.29, 0.717) is 4.47 Å². The first-order chi connectivity index (χ1) is 8.22. The smallest absolute Gasteiger partial charge is 0.137 e. The minimum atomic E-state index is -0.195. The van der Waals surface area contributed by atoms with Crippen LogP contribution in [0.25, 0.3) is 0 Å². The third-order valence-corrected chi connectivity index (χ3v) is 3.91. The van der Waals surface area contributed by atoms with Crippen LogP contribution >= 0.6 is 15.9 Å². The van der Waals surface area contributed by atoms with Crippen LogP contribution in [-0.4, -0.2) is 7.05 Å². The van der Waals surface area contributed by atoms with Crippen LogP contribution < -0.4 is 5.32 Å². The zero-order chi connectivity index (χ0) is 12.3. The van der Waals surface area contributed by atoms with Crippen molar-refractivity contribution in [3.63, 3.8) is 0 Å². The van der Waals surface area contributed by atoms with Gasteiger partial charge in [-0.1, -0.05) is 17.7 Å². The van der Waals surface area contributed by atoms with E-state index in [0.717, 1.165) is 18.4 Å². The molecule has 92 valence electrons. The van der Waals surface area contributed by atoms with E-state index in [4.69, 9.17) is 0 Å². The van der Waals surface area contributed by atoms with E-state index in [1.165, 1.54) is 18.4 Å². The van der Waals surface area contributed by atoms with Crippen molar-refractivity contribution in [1.82, 2.24) is 5.32 Å². The molecule has 1 aromatic rings. The van der Waals surface area contributed by atoms with Crippen LogP contribution in [0.5, 0.6) is 0 Å². The van der Waals surface area contributed by atoms with Gasteiger partial charge in [-0.15, -0.1) is 0 Å². The van der Waals surface area contributed by atoms with Crippen LogP contribution in [0.15, 0.2) is 34.3 Å². The number of hydrogen-bond donors (Lipinski definition) is 1. The topological polar surface area (TPSA) is 12.0 Å². The number of benzene rings is 1. The molecule has 0 spiro atoms. The molecule has 0 fully saturated rings. The van der Waals surface area contributed by atoms with Gasteiger partial charge in [-0.25, -0.2) is 4.39 Å². The Hall–Kier alpha value is -0.670. The van der Waals surface area contributed by atoms with Gasteiger partial charge in [-0.3, -0.25) is 0 Å². The summed E-state index contributed by atoms with van der Waals surface area (Å²) in [5.41, 5.74) is 2.39. The van der Waals surface area contributed by atoms with Crippen molar-refractivity contribution in [1.29, 1.82) is 0 Å². The lowest BCUT2D eigenvalue weighted by molar-refractivity contribution is 0.581. The molecule has 0 aromatic heterocycles. The highest BCUT2D eigenvalue weighted by molar-refractivity contribution is 9.10. The molecule has 0 heterocycles. The predicted octanol–water partition coefficient (Wildman–Crippen LogP) is 4.35. The molecule has 0 radical (unpaired) electrons. The fraction of sp³-hybridized carbons (Fsp3) is 0.429. The van der Waals surface area contributed by atoms with Crippen molar-refractivity contribution in [2.24, 2.45) is 0 Å². The highest BCUT2D eigenvalue weighted by atomic mass is 79.9. The monoisotopic (exact) mass is 297 g/mol. The van der Waals surface area contributed by atoms with Crippen LogP contribution in [0, 0.1) is 5.82 Å². The summed E-state index contributed by atoms with van der Waals surface area (Å²) in [4.78, 5) is 0. The van der Waals surface area contributed by atoms with Crippen molar-refractivity contribution in [3.05, 3.63) is 45.7 Å². The molecule has 1 aliphatic rings. The lowest BCUT2D eigenvalue weighted by Crippen LogP contribution is -2.20. The Bertz CT molecular complexity index is 428. The minimum absolute atomic E-state index is 0.151. The molecule has 1 N–H and O–H groups in total. The Balaban J connectivity index is 2.28. The van der Waals surface area contributed by atoms with E-state index in [1.54, 1.807) is 12.1 Å². The number of halogens is 2. The van der Waals surface area contributed by atoms with Crippen LogP contribution in [0.1, 0.15) is 37.3 Å². The lowest BCUT2D eigenvalue weighted by Gasteiger charge is -2.23. The Labute approximate surface area is 110 Å². The Morgan fingerprint density at radius 1 is 1.35 bits per heavy atom. The second-order valence-electron chi connectivity index (χ2n) is 4.42.